The first-order valence-corrected chi connectivity index (χ1v) is 10.1. The fourth-order valence-electron chi connectivity index (χ4n) is 4.18. The van der Waals surface area contributed by atoms with Crippen LogP contribution >= 0.6 is 0 Å². The summed E-state index contributed by atoms with van der Waals surface area (Å²) in [6, 6.07) is 5.50. The van der Waals surface area contributed by atoms with Gasteiger partial charge in [-0.05, 0) is 37.5 Å². The molecule has 0 unspecified atom stereocenters. The molecular formula is C20H24N6O3. The van der Waals surface area contributed by atoms with Crippen LogP contribution in [0.25, 0.3) is 11.2 Å². The van der Waals surface area contributed by atoms with Crippen molar-refractivity contribution in [2.45, 2.75) is 37.8 Å². The maximum absolute atomic E-state index is 13.1. The molecular weight excluding hydrogens is 372 g/mol. The molecule has 5 rings (SSSR count). The van der Waals surface area contributed by atoms with Gasteiger partial charge in [0.15, 0.2) is 5.65 Å². The van der Waals surface area contributed by atoms with Crippen molar-refractivity contribution in [1.29, 1.82) is 0 Å². The van der Waals surface area contributed by atoms with Gasteiger partial charge in [-0.15, -0.1) is 0 Å². The highest BCUT2D eigenvalue weighted by Gasteiger charge is 2.33. The lowest BCUT2D eigenvalue weighted by molar-refractivity contribution is 0.0782. The highest BCUT2D eigenvalue weighted by Crippen LogP contribution is 2.39. The minimum Gasteiger partial charge on any atom is -0.383 e. The first kappa shape index (κ1) is 18.1. The molecule has 1 amide bonds. The molecule has 1 saturated heterocycles. The van der Waals surface area contributed by atoms with Crippen LogP contribution in [0.4, 0.5) is 0 Å². The standard InChI is InChI=1S/C20H24N6O3/c1-29-10-9-25-17-3-2-7-21-18(17)26(20(25)28)14-6-8-24(12-14)19(27)16-11-15(22-23-16)13-4-5-13/h2-3,7,11,13-14H,4-6,8-10,12H2,1H3,(H,22,23)/t14-/m1/s1. The number of nitrogens with zero attached hydrogens (tertiary/aromatic N) is 5. The molecule has 3 aromatic heterocycles. The van der Waals surface area contributed by atoms with Gasteiger partial charge in [-0.2, -0.15) is 5.10 Å². The number of aromatic amines is 1. The average Bonchev–Trinajstić information content (AvgIpc) is 3.16. The van der Waals surface area contributed by atoms with Crippen LogP contribution in [0.5, 0.6) is 0 Å². The third kappa shape index (κ3) is 3.15. The molecule has 9 nitrogen and oxygen atoms in total. The number of rotatable bonds is 6. The minimum absolute atomic E-state index is 0.0835. The molecule has 9 heteroatoms. The SMILES string of the molecule is COCCn1c(=O)n([C@@H]2CCN(C(=O)c3cc(C4CC4)[nH]n3)C2)c2ncccc21. The molecule has 1 saturated carbocycles. The highest BCUT2D eigenvalue weighted by atomic mass is 16.5. The van der Waals surface area contributed by atoms with Crippen molar-refractivity contribution in [3.63, 3.8) is 0 Å². The summed E-state index contributed by atoms with van der Waals surface area (Å²) in [6.07, 6.45) is 4.72. The van der Waals surface area contributed by atoms with Crippen molar-refractivity contribution in [2.75, 3.05) is 26.8 Å². The Labute approximate surface area is 167 Å². The number of aromatic nitrogens is 5. The number of nitrogens with one attached hydrogen (secondary N) is 1. The van der Waals surface area contributed by atoms with Crippen LogP contribution in [0, 0.1) is 0 Å². The van der Waals surface area contributed by atoms with E-state index in [1.807, 2.05) is 18.2 Å². The van der Waals surface area contributed by atoms with Crippen LogP contribution in [-0.4, -0.2) is 61.9 Å². The lowest BCUT2D eigenvalue weighted by atomic mass is 10.2. The summed E-state index contributed by atoms with van der Waals surface area (Å²) >= 11 is 0. The van der Waals surface area contributed by atoms with Crippen LogP contribution in [0.2, 0.25) is 0 Å². The van der Waals surface area contributed by atoms with E-state index in [4.69, 9.17) is 4.74 Å². The smallest absolute Gasteiger partial charge is 0.330 e. The number of H-pyrrole nitrogens is 1. The molecule has 2 fully saturated rings. The molecule has 1 atom stereocenters. The van der Waals surface area contributed by atoms with Crippen molar-refractivity contribution >= 4 is 17.1 Å². The van der Waals surface area contributed by atoms with Gasteiger partial charge in [0, 0.05) is 38.0 Å². The Morgan fingerprint density at radius 2 is 2.21 bits per heavy atom. The first-order chi connectivity index (χ1) is 14.2. The molecule has 29 heavy (non-hydrogen) atoms. The zero-order valence-electron chi connectivity index (χ0n) is 16.4. The molecule has 2 aliphatic rings. The predicted octanol–water partition coefficient (Wildman–Crippen LogP) is 1.53. The summed E-state index contributed by atoms with van der Waals surface area (Å²) < 4.78 is 8.59. The summed E-state index contributed by atoms with van der Waals surface area (Å²) in [5.41, 5.74) is 2.85. The third-order valence-electron chi connectivity index (χ3n) is 5.89. The molecule has 0 aromatic carbocycles. The molecule has 1 aliphatic carbocycles. The summed E-state index contributed by atoms with van der Waals surface area (Å²) in [7, 11) is 1.62. The highest BCUT2D eigenvalue weighted by molar-refractivity contribution is 5.92. The fourth-order valence-corrected chi connectivity index (χ4v) is 4.18. The van der Waals surface area contributed by atoms with E-state index >= 15 is 0 Å². The number of carbonyl (C=O) groups is 1. The number of likely N-dealkylation sites (tertiary alicyclic amines) is 1. The van der Waals surface area contributed by atoms with E-state index in [-0.39, 0.29) is 17.6 Å². The minimum atomic E-state index is -0.106. The van der Waals surface area contributed by atoms with Crippen LogP contribution in [0.3, 0.4) is 0 Å². The number of imidazole rings is 1. The summed E-state index contributed by atoms with van der Waals surface area (Å²) in [4.78, 5) is 32.3. The van der Waals surface area contributed by atoms with Gasteiger partial charge in [0.2, 0.25) is 0 Å². The molecule has 4 heterocycles. The van der Waals surface area contributed by atoms with E-state index in [1.54, 1.807) is 27.3 Å². The number of fused-ring (bicyclic) bond motifs is 1. The lowest BCUT2D eigenvalue weighted by Crippen LogP contribution is -2.32. The first-order valence-electron chi connectivity index (χ1n) is 10.1. The second-order valence-corrected chi connectivity index (χ2v) is 7.82. The maximum Gasteiger partial charge on any atom is 0.330 e. The lowest BCUT2D eigenvalue weighted by Gasteiger charge is -2.15. The number of hydrogen-bond donors (Lipinski definition) is 1. The monoisotopic (exact) mass is 396 g/mol. The van der Waals surface area contributed by atoms with Crippen LogP contribution in [0.15, 0.2) is 29.2 Å². The van der Waals surface area contributed by atoms with E-state index in [9.17, 15) is 9.59 Å². The zero-order valence-corrected chi connectivity index (χ0v) is 16.4. The Hall–Kier alpha value is -2.94. The summed E-state index contributed by atoms with van der Waals surface area (Å²) in [5, 5.41) is 7.20. The molecule has 152 valence electrons. The number of ether oxygens (including phenoxy) is 1. The molecule has 1 N–H and O–H groups in total. The normalized spacial score (nSPS) is 19.3. The van der Waals surface area contributed by atoms with Gasteiger partial charge in [-0.25, -0.2) is 9.78 Å². The van der Waals surface area contributed by atoms with Gasteiger partial charge in [-0.1, -0.05) is 0 Å². The largest absolute Gasteiger partial charge is 0.383 e. The van der Waals surface area contributed by atoms with Crippen molar-refractivity contribution in [1.82, 2.24) is 29.2 Å². The van der Waals surface area contributed by atoms with Crippen LogP contribution in [-0.2, 0) is 11.3 Å². The number of methoxy groups -OCH3 is 1. The van der Waals surface area contributed by atoms with E-state index in [1.165, 1.54) is 0 Å². The van der Waals surface area contributed by atoms with E-state index in [0.717, 1.165) is 24.1 Å². The number of carbonyl (C=O) groups excluding carboxylic acids is 1. The Balaban J connectivity index is 1.40. The molecule has 1 aliphatic heterocycles. The average molecular weight is 396 g/mol. The Kier molecular flexibility index (Phi) is 4.46. The van der Waals surface area contributed by atoms with E-state index in [0.29, 0.717) is 49.9 Å². The van der Waals surface area contributed by atoms with Gasteiger partial charge >= 0.3 is 5.69 Å². The van der Waals surface area contributed by atoms with E-state index < -0.39 is 0 Å². The van der Waals surface area contributed by atoms with E-state index in [2.05, 4.69) is 15.2 Å². The molecule has 3 aromatic rings. The molecule has 0 radical (unpaired) electrons. The molecule has 0 spiro atoms. The van der Waals surface area contributed by atoms with Gasteiger partial charge < -0.3 is 9.64 Å². The predicted molar refractivity (Wildman–Crippen MR) is 106 cm³/mol. The van der Waals surface area contributed by atoms with Crippen molar-refractivity contribution in [3.8, 4) is 0 Å². The Bertz CT molecular complexity index is 1110. The topological polar surface area (TPSA) is 98.0 Å². The van der Waals surface area contributed by atoms with Gasteiger partial charge in [-0.3, -0.25) is 19.0 Å². The fraction of sp³-hybridized carbons (Fsp3) is 0.500. The second-order valence-electron chi connectivity index (χ2n) is 7.82. The number of hydrogen-bond acceptors (Lipinski definition) is 5. The number of amides is 1. The quantitative estimate of drug-likeness (QED) is 0.681. The van der Waals surface area contributed by atoms with Crippen LogP contribution < -0.4 is 5.69 Å². The van der Waals surface area contributed by atoms with Crippen molar-refractivity contribution in [3.05, 3.63) is 46.3 Å². The van der Waals surface area contributed by atoms with Gasteiger partial charge in [0.05, 0.1) is 24.7 Å². The summed E-state index contributed by atoms with van der Waals surface area (Å²) in [6.45, 7) is 1.99. The Morgan fingerprint density at radius 1 is 1.34 bits per heavy atom. The zero-order chi connectivity index (χ0) is 20.0. The second kappa shape index (κ2) is 7.14. The van der Waals surface area contributed by atoms with Crippen molar-refractivity contribution in [2.24, 2.45) is 0 Å². The van der Waals surface area contributed by atoms with Gasteiger partial charge in [0.25, 0.3) is 5.91 Å². The summed E-state index contributed by atoms with van der Waals surface area (Å²) in [5.74, 6) is 0.443. The van der Waals surface area contributed by atoms with Crippen molar-refractivity contribution < 1.29 is 9.53 Å². The van der Waals surface area contributed by atoms with Crippen LogP contribution in [0.1, 0.15) is 47.4 Å². The number of pyridine rings is 1. The third-order valence-corrected chi connectivity index (χ3v) is 5.89. The maximum atomic E-state index is 13.1. The Morgan fingerprint density at radius 3 is 3.00 bits per heavy atom. The van der Waals surface area contributed by atoms with Gasteiger partial charge in [0.1, 0.15) is 5.69 Å². The molecule has 0 bridgehead atoms.